The second-order valence-electron chi connectivity index (χ2n) is 4.73. The van der Waals surface area contributed by atoms with E-state index in [1.807, 2.05) is 0 Å². The molecule has 2 atom stereocenters. The van der Waals surface area contributed by atoms with Crippen molar-refractivity contribution in [3.05, 3.63) is 34.6 Å². The van der Waals surface area contributed by atoms with Gasteiger partial charge in [-0.25, -0.2) is 4.39 Å². The van der Waals surface area contributed by atoms with Gasteiger partial charge in [0.2, 0.25) is 0 Å². The molecule has 0 saturated carbocycles. The molecule has 2 nitrogen and oxygen atoms in total. The van der Waals surface area contributed by atoms with E-state index in [0.29, 0.717) is 17.4 Å². The number of hydrogen-bond acceptors (Lipinski definition) is 2. The molecule has 0 aliphatic carbocycles. The highest BCUT2D eigenvalue weighted by atomic mass is 35.5. The Labute approximate surface area is 112 Å². The number of ether oxygens (including phenoxy) is 1. The Morgan fingerprint density at radius 3 is 3.00 bits per heavy atom. The summed E-state index contributed by atoms with van der Waals surface area (Å²) in [7, 11) is 0. The zero-order valence-electron chi connectivity index (χ0n) is 10.6. The lowest BCUT2D eigenvalue weighted by molar-refractivity contribution is 0.176. The van der Waals surface area contributed by atoms with Crippen molar-refractivity contribution >= 4 is 11.6 Å². The molecule has 4 heteroatoms. The first-order valence-electron chi connectivity index (χ1n) is 6.45. The largest absolute Gasteiger partial charge is 0.381 e. The molecule has 0 spiro atoms. The summed E-state index contributed by atoms with van der Waals surface area (Å²) in [5.41, 5.74) is 0.720. The molecule has 1 saturated heterocycles. The fraction of sp³-hybridized carbons (Fsp3) is 0.571. The SMILES string of the molecule is CCNC(Cc1ccc(Cl)cc1F)C1CCOC1. The normalized spacial score (nSPS) is 21.2. The smallest absolute Gasteiger partial charge is 0.127 e. The number of benzene rings is 1. The molecule has 1 N–H and O–H groups in total. The third-order valence-electron chi connectivity index (χ3n) is 3.46. The fourth-order valence-corrected chi connectivity index (χ4v) is 2.62. The Hall–Kier alpha value is -0.640. The van der Waals surface area contributed by atoms with Gasteiger partial charge in [0.05, 0.1) is 6.61 Å². The van der Waals surface area contributed by atoms with E-state index in [4.69, 9.17) is 16.3 Å². The van der Waals surface area contributed by atoms with Gasteiger partial charge >= 0.3 is 0 Å². The highest BCUT2D eigenvalue weighted by molar-refractivity contribution is 6.30. The molecule has 0 amide bonds. The second kappa shape index (κ2) is 6.50. The van der Waals surface area contributed by atoms with Crippen molar-refractivity contribution in [3.8, 4) is 0 Å². The predicted molar refractivity (Wildman–Crippen MR) is 71.5 cm³/mol. The molecule has 1 aliphatic heterocycles. The average Bonchev–Trinajstić information content (AvgIpc) is 2.85. The van der Waals surface area contributed by atoms with Crippen LogP contribution in [0.5, 0.6) is 0 Å². The lowest BCUT2D eigenvalue weighted by Crippen LogP contribution is -2.38. The molecule has 1 fully saturated rings. The summed E-state index contributed by atoms with van der Waals surface area (Å²) >= 11 is 5.77. The summed E-state index contributed by atoms with van der Waals surface area (Å²) < 4.78 is 19.2. The van der Waals surface area contributed by atoms with Crippen LogP contribution >= 0.6 is 11.6 Å². The summed E-state index contributed by atoms with van der Waals surface area (Å²) in [4.78, 5) is 0. The predicted octanol–water partition coefficient (Wildman–Crippen LogP) is 3.04. The van der Waals surface area contributed by atoms with Gasteiger partial charge in [0, 0.05) is 23.6 Å². The number of rotatable bonds is 5. The first-order chi connectivity index (χ1) is 8.70. The van der Waals surface area contributed by atoms with Crippen LogP contribution < -0.4 is 5.32 Å². The monoisotopic (exact) mass is 271 g/mol. The lowest BCUT2D eigenvalue weighted by atomic mass is 9.92. The van der Waals surface area contributed by atoms with Crippen molar-refractivity contribution in [1.82, 2.24) is 5.32 Å². The fourth-order valence-electron chi connectivity index (χ4n) is 2.46. The first kappa shape index (κ1) is 13.8. The topological polar surface area (TPSA) is 21.3 Å². The van der Waals surface area contributed by atoms with Crippen LogP contribution in [-0.2, 0) is 11.2 Å². The van der Waals surface area contributed by atoms with Gasteiger partial charge in [0.15, 0.2) is 0 Å². The van der Waals surface area contributed by atoms with Gasteiger partial charge in [-0.15, -0.1) is 0 Å². The Morgan fingerprint density at radius 2 is 2.39 bits per heavy atom. The van der Waals surface area contributed by atoms with Gasteiger partial charge in [0.1, 0.15) is 5.82 Å². The second-order valence-corrected chi connectivity index (χ2v) is 5.16. The maximum absolute atomic E-state index is 13.8. The van der Waals surface area contributed by atoms with E-state index < -0.39 is 0 Å². The molecule has 0 radical (unpaired) electrons. The van der Waals surface area contributed by atoms with Gasteiger partial charge in [-0.05, 0) is 37.1 Å². The quantitative estimate of drug-likeness (QED) is 0.889. The third kappa shape index (κ3) is 3.44. The van der Waals surface area contributed by atoms with Gasteiger partial charge < -0.3 is 10.1 Å². The molecule has 100 valence electrons. The maximum Gasteiger partial charge on any atom is 0.127 e. The van der Waals surface area contributed by atoms with Crippen LogP contribution in [0.1, 0.15) is 18.9 Å². The molecule has 0 aromatic heterocycles. The van der Waals surface area contributed by atoms with E-state index in [9.17, 15) is 4.39 Å². The summed E-state index contributed by atoms with van der Waals surface area (Å²) in [6, 6.07) is 5.17. The Kier molecular flexibility index (Phi) is 4.98. The molecular formula is C14H19ClFNO. The lowest BCUT2D eigenvalue weighted by Gasteiger charge is -2.23. The number of nitrogens with one attached hydrogen (secondary N) is 1. The molecule has 1 heterocycles. The summed E-state index contributed by atoms with van der Waals surface area (Å²) in [6.07, 6.45) is 1.73. The minimum atomic E-state index is -0.218. The van der Waals surface area contributed by atoms with Crippen LogP contribution in [0.2, 0.25) is 5.02 Å². The molecule has 2 rings (SSSR count). The van der Waals surface area contributed by atoms with Gasteiger partial charge in [-0.2, -0.15) is 0 Å². The van der Waals surface area contributed by atoms with Crippen LogP contribution in [0.25, 0.3) is 0 Å². The van der Waals surface area contributed by atoms with Gasteiger partial charge in [-0.1, -0.05) is 24.6 Å². The highest BCUT2D eigenvalue weighted by Crippen LogP contribution is 2.22. The summed E-state index contributed by atoms with van der Waals surface area (Å²) in [5, 5.41) is 3.88. The molecule has 18 heavy (non-hydrogen) atoms. The highest BCUT2D eigenvalue weighted by Gasteiger charge is 2.25. The van der Waals surface area contributed by atoms with Crippen molar-refractivity contribution < 1.29 is 9.13 Å². The van der Waals surface area contributed by atoms with Gasteiger partial charge in [-0.3, -0.25) is 0 Å². The zero-order chi connectivity index (χ0) is 13.0. The van der Waals surface area contributed by atoms with Crippen molar-refractivity contribution in [2.75, 3.05) is 19.8 Å². The molecule has 1 aromatic carbocycles. The summed E-state index contributed by atoms with van der Waals surface area (Å²) in [5.74, 6) is 0.254. The van der Waals surface area contributed by atoms with E-state index in [1.165, 1.54) is 6.07 Å². The molecule has 2 unspecified atom stereocenters. The van der Waals surface area contributed by atoms with Crippen LogP contribution in [0.4, 0.5) is 4.39 Å². The van der Waals surface area contributed by atoms with Crippen molar-refractivity contribution in [2.24, 2.45) is 5.92 Å². The number of hydrogen-bond donors (Lipinski definition) is 1. The molecule has 1 aliphatic rings. The van der Waals surface area contributed by atoms with Crippen LogP contribution in [0.3, 0.4) is 0 Å². The van der Waals surface area contributed by atoms with Gasteiger partial charge in [0.25, 0.3) is 0 Å². The van der Waals surface area contributed by atoms with Crippen LogP contribution in [-0.4, -0.2) is 25.8 Å². The third-order valence-corrected chi connectivity index (χ3v) is 3.69. The zero-order valence-corrected chi connectivity index (χ0v) is 11.3. The van der Waals surface area contributed by atoms with Crippen LogP contribution in [0.15, 0.2) is 18.2 Å². The first-order valence-corrected chi connectivity index (χ1v) is 6.83. The molecule has 0 bridgehead atoms. The number of halogens is 2. The maximum atomic E-state index is 13.8. The van der Waals surface area contributed by atoms with E-state index in [2.05, 4.69) is 12.2 Å². The Balaban J connectivity index is 2.07. The van der Waals surface area contributed by atoms with E-state index in [1.54, 1.807) is 12.1 Å². The van der Waals surface area contributed by atoms with Crippen molar-refractivity contribution in [1.29, 1.82) is 0 Å². The Morgan fingerprint density at radius 1 is 1.56 bits per heavy atom. The molecule has 1 aromatic rings. The minimum Gasteiger partial charge on any atom is -0.381 e. The van der Waals surface area contributed by atoms with E-state index in [-0.39, 0.29) is 11.9 Å². The van der Waals surface area contributed by atoms with E-state index >= 15 is 0 Å². The van der Waals surface area contributed by atoms with Crippen molar-refractivity contribution in [3.63, 3.8) is 0 Å². The Bertz CT molecular complexity index is 393. The van der Waals surface area contributed by atoms with Crippen molar-refractivity contribution in [2.45, 2.75) is 25.8 Å². The summed E-state index contributed by atoms with van der Waals surface area (Å²) in [6.45, 7) is 4.54. The minimum absolute atomic E-state index is 0.218. The van der Waals surface area contributed by atoms with E-state index in [0.717, 1.165) is 31.7 Å². The number of likely N-dealkylation sites (N-methyl/N-ethyl adjacent to an activating group) is 1. The average molecular weight is 272 g/mol. The standard InChI is InChI=1S/C14H19ClFNO/c1-2-17-14(11-5-6-18-9-11)7-10-3-4-12(15)8-13(10)16/h3-4,8,11,14,17H,2,5-7,9H2,1H3. The van der Waals surface area contributed by atoms with Crippen LogP contribution in [0, 0.1) is 11.7 Å². The molecular weight excluding hydrogens is 253 g/mol.